The van der Waals surface area contributed by atoms with E-state index in [1.54, 1.807) is 0 Å². The first-order valence-corrected chi connectivity index (χ1v) is 5.80. The van der Waals surface area contributed by atoms with Gasteiger partial charge in [-0.25, -0.2) is 0 Å². The Morgan fingerprint density at radius 3 is 2.88 bits per heavy atom. The van der Waals surface area contributed by atoms with Gasteiger partial charge in [0.15, 0.2) is 0 Å². The molecule has 0 spiro atoms. The minimum absolute atomic E-state index is 0.188. The van der Waals surface area contributed by atoms with Crippen molar-refractivity contribution < 1.29 is 0 Å². The molecule has 1 aromatic heterocycles. The lowest BCUT2D eigenvalue weighted by Crippen LogP contribution is -2.30. The Labute approximate surface area is 97.6 Å². The lowest BCUT2D eigenvalue weighted by Gasteiger charge is -2.16. The molecule has 92 valence electrons. The Balaban J connectivity index is 2.56. The first-order valence-electron chi connectivity index (χ1n) is 5.80. The summed E-state index contributed by atoms with van der Waals surface area (Å²) in [7, 11) is 4.13. The molecule has 1 atom stereocenters. The van der Waals surface area contributed by atoms with Gasteiger partial charge in [0.05, 0.1) is 12.2 Å². The minimum Gasteiger partial charge on any atom is -0.309 e. The van der Waals surface area contributed by atoms with E-state index < -0.39 is 0 Å². The monoisotopic (exact) mass is 225 g/mol. The first kappa shape index (κ1) is 13.2. The van der Waals surface area contributed by atoms with Gasteiger partial charge in [-0.2, -0.15) is 5.10 Å². The number of hydrogen-bond acceptors (Lipinski definition) is 4. The topological polar surface area (TPSA) is 59.1 Å². The number of aromatic nitrogens is 2. The molecule has 1 unspecified atom stereocenters. The molecule has 1 heterocycles. The molecule has 0 saturated carbocycles. The third-order valence-electron chi connectivity index (χ3n) is 2.57. The predicted molar refractivity (Wildman–Crippen MR) is 65.8 cm³/mol. The van der Waals surface area contributed by atoms with E-state index in [0.717, 1.165) is 31.5 Å². The molecular weight excluding hydrogens is 202 g/mol. The summed E-state index contributed by atoms with van der Waals surface area (Å²) in [5, 5.41) is 4.31. The van der Waals surface area contributed by atoms with E-state index in [1.165, 1.54) is 0 Å². The third-order valence-corrected chi connectivity index (χ3v) is 2.57. The third kappa shape index (κ3) is 3.92. The second kappa shape index (κ2) is 6.62. The van der Waals surface area contributed by atoms with E-state index in [0.29, 0.717) is 0 Å². The van der Waals surface area contributed by atoms with Crippen LogP contribution in [-0.4, -0.2) is 35.3 Å². The van der Waals surface area contributed by atoms with Crippen molar-refractivity contribution in [2.24, 2.45) is 5.84 Å². The molecule has 5 heteroatoms. The van der Waals surface area contributed by atoms with E-state index in [1.807, 2.05) is 10.9 Å². The fraction of sp³-hybridized carbons (Fsp3) is 0.727. The molecule has 0 amide bonds. The number of nitrogens with two attached hydrogens (primary N) is 1. The van der Waals surface area contributed by atoms with Crippen molar-refractivity contribution >= 4 is 0 Å². The molecule has 0 fully saturated rings. The fourth-order valence-corrected chi connectivity index (χ4v) is 1.64. The average Bonchev–Trinajstić information content (AvgIpc) is 2.68. The molecule has 1 aromatic rings. The molecule has 0 bridgehead atoms. The van der Waals surface area contributed by atoms with Crippen LogP contribution in [0.15, 0.2) is 12.4 Å². The van der Waals surface area contributed by atoms with Gasteiger partial charge in [0, 0.05) is 18.3 Å². The van der Waals surface area contributed by atoms with Crippen LogP contribution in [0.25, 0.3) is 0 Å². The highest BCUT2D eigenvalue weighted by Gasteiger charge is 2.11. The highest BCUT2D eigenvalue weighted by Crippen LogP contribution is 2.15. The zero-order valence-electron chi connectivity index (χ0n) is 10.5. The summed E-state index contributed by atoms with van der Waals surface area (Å²) in [5.41, 5.74) is 4.01. The molecule has 0 radical (unpaired) electrons. The summed E-state index contributed by atoms with van der Waals surface area (Å²) in [5.74, 6) is 5.57. The van der Waals surface area contributed by atoms with Gasteiger partial charge in [0.25, 0.3) is 0 Å². The summed E-state index contributed by atoms with van der Waals surface area (Å²) < 4.78 is 1.97. The van der Waals surface area contributed by atoms with E-state index in [4.69, 9.17) is 5.84 Å². The Bertz CT molecular complexity index is 294. The van der Waals surface area contributed by atoms with Crippen molar-refractivity contribution in [2.75, 3.05) is 20.6 Å². The molecule has 1 rings (SSSR count). The van der Waals surface area contributed by atoms with Crippen molar-refractivity contribution in [1.82, 2.24) is 20.1 Å². The highest BCUT2D eigenvalue weighted by atomic mass is 15.3. The Morgan fingerprint density at radius 1 is 1.56 bits per heavy atom. The molecule has 3 N–H and O–H groups in total. The molecule has 16 heavy (non-hydrogen) atoms. The van der Waals surface area contributed by atoms with Crippen molar-refractivity contribution in [3.8, 4) is 0 Å². The number of aryl methyl sites for hydroxylation is 1. The number of hydrogen-bond donors (Lipinski definition) is 2. The normalized spacial score (nSPS) is 13.3. The quantitative estimate of drug-likeness (QED) is 0.531. The van der Waals surface area contributed by atoms with E-state index in [2.05, 4.69) is 42.6 Å². The number of hydrazine groups is 1. The second-order valence-corrected chi connectivity index (χ2v) is 4.35. The van der Waals surface area contributed by atoms with E-state index in [-0.39, 0.29) is 6.04 Å². The van der Waals surface area contributed by atoms with Crippen LogP contribution in [0.3, 0.4) is 0 Å². The standard InChI is InChI=1S/C11H23N5/c1-4-6-16-9-10(8-13-16)11(14-12)5-7-15(2)3/h8-9,11,14H,4-7,12H2,1-3H3. The van der Waals surface area contributed by atoms with E-state index in [9.17, 15) is 0 Å². The maximum atomic E-state index is 5.57. The van der Waals surface area contributed by atoms with Gasteiger partial charge in [-0.3, -0.25) is 16.0 Å². The summed E-state index contributed by atoms with van der Waals surface area (Å²) >= 11 is 0. The summed E-state index contributed by atoms with van der Waals surface area (Å²) in [6.45, 7) is 4.12. The SMILES string of the molecule is CCCn1cc(C(CCN(C)C)NN)cn1. The first-order chi connectivity index (χ1) is 7.67. The van der Waals surface area contributed by atoms with Gasteiger partial charge < -0.3 is 4.90 Å². The summed E-state index contributed by atoms with van der Waals surface area (Å²) in [6, 6.07) is 0.188. The molecule has 5 nitrogen and oxygen atoms in total. The zero-order chi connectivity index (χ0) is 12.0. The van der Waals surface area contributed by atoms with Gasteiger partial charge in [-0.15, -0.1) is 0 Å². The summed E-state index contributed by atoms with van der Waals surface area (Å²) in [6.07, 6.45) is 6.06. The van der Waals surface area contributed by atoms with Crippen molar-refractivity contribution in [3.63, 3.8) is 0 Å². The van der Waals surface area contributed by atoms with Crippen LogP contribution in [0.4, 0.5) is 0 Å². The summed E-state index contributed by atoms with van der Waals surface area (Å²) in [4.78, 5) is 2.15. The molecule has 0 aliphatic carbocycles. The average molecular weight is 225 g/mol. The van der Waals surface area contributed by atoms with Crippen LogP contribution in [0.1, 0.15) is 31.4 Å². The van der Waals surface area contributed by atoms with Crippen LogP contribution in [0, 0.1) is 0 Å². The fourth-order valence-electron chi connectivity index (χ4n) is 1.64. The lowest BCUT2D eigenvalue weighted by atomic mass is 10.1. The van der Waals surface area contributed by atoms with Crippen LogP contribution < -0.4 is 11.3 Å². The minimum atomic E-state index is 0.188. The highest BCUT2D eigenvalue weighted by molar-refractivity contribution is 5.10. The van der Waals surface area contributed by atoms with Crippen molar-refractivity contribution in [1.29, 1.82) is 0 Å². The van der Waals surface area contributed by atoms with E-state index >= 15 is 0 Å². The van der Waals surface area contributed by atoms with Crippen LogP contribution >= 0.6 is 0 Å². The van der Waals surface area contributed by atoms with Gasteiger partial charge in [-0.05, 0) is 33.5 Å². The maximum absolute atomic E-state index is 5.57. The van der Waals surface area contributed by atoms with Gasteiger partial charge in [-0.1, -0.05) is 6.92 Å². The number of nitrogens with one attached hydrogen (secondary N) is 1. The van der Waals surface area contributed by atoms with Crippen molar-refractivity contribution in [3.05, 3.63) is 18.0 Å². The van der Waals surface area contributed by atoms with Gasteiger partial charge in [0.1, 0.15) is 0 Å². The number of nitrogens with zero attached hydrogens (tertiary/aromatic N) is 3. The lowest BCUT2D eigenvalue weighted by molar-refractivity contribution is 0.363. The van der Waals surface area contributed by atoms with Gasteiger partial charge >= 0.3 is 0 Å². The Hall–Kier alpha value is -0.910. The second-order valence-electron chi connectivity index (χ2n) is 4.35. The largest absolute Gasteiger partial charge is 0.309 e. The van der Waals surface area contributed by atoms with Crippen LogP contribution in [0.2, 0.25) is 0 Å². The molecule has 0 aliphatic heterocycles. The number of rotatable bonds is 7. The molecule has 0 aliphatic rings. The maximum Gasteiger partial charge on any atom is 0.0538 e. The molecule has 0 aromatic carbocycles. The van der Waals surface area contributed by atoms with Crippen molar-refractivity contribution in [2.45, 2.75) is 32.4 Å². The smallest absolute Gasteiger partial charge is 0.0538 e. The molecule has 0 saturated heterocycles. The van der Waals surface area contributed by atoms with Gasteiger partial charge in [0.2, 0.25) is 0 Å². The predicted octanol–water partition coefficient (Wildman–Crippen LogP) is 0.749. The Kier molecular flexibility index (Phi) is 5.45. The zero-order valence-corrected chi connectivity index (χ0v) is 10.5. The molecular formula is C11H23N5. The Morgan fingerprint density at radius 2 is 2.31 bits per heavy atom. The van der Waals surface area contributed by atoms with Crippen LogP contribution in [-0.2, 0) is 6.54 Å². The van der Waals surface area contributed by atoms with Crippen LogP contribution in [0.5, 0.6) is 0 Å².